The number of aromatic nitrogens is 2. The van der Waals surface area contributed by atoms with Gasteiger partial charge in [-0.2, -0.15) is 4.98 Å². The van der Waals surface area contributed by atoms with E-state index in [2.05, 4.69) is 30.8 Å². The van der Waals surface area contributed by atoms with Gasteiger partial charge in [-0.3, -0.25) is 9.69 Å². The van der Waals surface area contributed by atoms with Crippen LogP contribution in [0.1, 0.15) is 0 Å². The quantitative estimate of drug-likeness (QED) is 0.241. The second-order valence-electron chi connectivity index (χ2n) is 8.39. The lowest BCUT2D eigenvalue weighted by atomic mass is 10.2. The maximum Gasteiger partial charge on any atom is 0.248 e. The largest absolute Gasteiger partial charge is 0.491 e. The van der Waals surface area contributed by atoms with Crippen molar-refractivity contribution < 1.29 is 23.4 Å². The Hall–Kier alpha value is -4.06. The summed E-state index contributed by atoms with van der Waals surface area (Å²) in [5, 5.41) is 8.82. The third-order valence-corrected chi connectivity index (χ3v) is 5.54. The van der Waals surface area contributed by atoms with Gasteiger partial charge < -0.3 is 30.2 Å². The van der Waals surface area contributed by atoms with Crippen LogP contribution >= 0.6 is 0 Å². The number of hydrogen-bond acceptors (Lipinski definition) is 9. The zero-order chi connectivity index (χ0) is 26.6. The molecule has 2 aromatic carbocycles. The van der Waals surface area contributed by atoms with Crippen molar-refractivity contribution >= 4 is 34.7 Å². The van der Waals surface area contributed by atoms with Crippen molar-refractivity contribution in [3.05, 3.63) is 72.7 Å². The van der Waals surface area contributed by atoms with E-state index in [9.17, 15) is 9.18 Å². The molecule has 4 rings (SSSR count). The van der Waals surface area contributed by atoms with Gasteiger partial charge in [-0.05, 0) is 42.5 Å². The maximum atomic E-state index is 14.5. The lowest BCUT2D eigenvalue weighted by molar-refractivity contribution is -0.111. The predicted octanol–water partition coefficient (Wildman–Crippen LogP) is 3.96. The van der Waals surface area contributed by atoms with Crippen LogP contribution in [0.4, 0.5) is 33.2 Å². The fourth-order valence-electron chi connectivity index (χ4n) is 3.61. The number of nitrogens with one attached hydrogen (secondary N) is 3. The topological polar surface area (TPSA) is 110 Å². The van der Waals surface area contributed by atoms with Crippen LogP contribution in [-0.2, 0) is 14.3 Å². The number of morpholine rings is 1. The summed E-state index contributed by atoms with van der Waals surface area (Å²) in [6.45, 7) is 4.77. The molecule has 200 valence electrons. The molecule has 3 N–H and O–H groups in total. The van der Waals surface area contributed by atoms with Gasteiger partial charge in [0.2, 0.25) is 11.9 Å². The van der Waals surface area contributed by atoms with Crippen molar-refractivity contribution in [2.75, 3.05) is 69.1 Å². The number of benzene rings is 2. The molecule has 38 heavy (non-hydrogen) atoms. The Balaban J connectivity index is 1.33. The van der Waals surface area contributed by atoms with E-state index in [1.165, 1.54) is 6.08 Å². The molecule has 10 nitrogen and oxygen atoms in total. The Bertz CT molecular complexity index is 1220. The Morgan fingerprint density at radius 1 is 1.08 bits per heavy atom. The number of carbonyl (C=O) groups is 1. The molecule has 0 aliphatic carbocycles. The first-order valence-electron chi connectivity index (χ1n) is 12.2. The number of anilines is 5. The van der Waals surface area contributed by atoms with Crippen LogP contribution in [0.25, 0.3) is 0 Å². The summed E-state index contributed by atoms with van der Waals surface area (Å²) in [7, 11) is 1.62. The molecule has 0 bridgehead atoms. The third-order valence-electron chi connectivity index (χ3n) is 5.54. The van der Waals surface area contributed by atoms with Crippen LogP contribution in [0, 0.1) is 5.82 Å². The molecule has 0 spiro atoms. The molecule has 1 aliphatic heterocycles. The first-order valence-corrected chi connectivity index (χ1v) is 12.2. The van der Waals surface area contributed by atoms with E-state index in [4.69, 9.17) is 14.2 Å². The van der Waals surface area contributed by atoms with E-state index in [1.54, 1.807) is 43.5 Å². The van der Waals surface area contributed by atoms with E-state index in [0.29, 0.717) is 55.8 Å². The summed E-state index contributed by atoms with van der Waals surface area (Å²) in [5.41, 5.74) is 1.84. The Labute approximate surface area is 220 Å². The Kier molecular flexibility index (Phi) is 9.96. The normalized spacial score (nSPS) is 13.8. The SMILES string of the molecule is COCCOc1ccc(Nc2ncc(F)c(Nc3cccc(NC(=O)C=CCN4CCOCC4)c3)n2)cc1. The highest BCUT2D eigenvalue weighted by molar-refractivity contribution is 5.99. The summed E-state index contributed by atoms with van der Waals surface area (Å²) in [5.74, 6) is 0.0606. The Morgan fingerprint density at radius 2 is 1.87 bits per heavy atom. The molecule has 11 heteroatoms. The summed E-state index contributed by atoms with van der Waals surface area (Å²) < 4.78 is 30.3. The van der Waals surface area contributed by atoms with Gasteiger partial charge in [0.05, 0.1) is 26.0 Å². The molecule has 1 aromatic heterocycles. The highest BCUT2D eigenvalue weighted by atomic mass is 19.1. The zero-order valence-electron chi connectivity index (χ0n) is 21.2. The number of carbonyl (C=O) groups excluding carboxylic acids is 1. The van der Waals surface area contributed by atoms with E-state index in [-0.39, 0.29) is 17.7 Å². The van der Waals surface area contributed by atoms with Crippen molar-refractivity contribution in [3.8, 4) is 5.75 Å². The van der Waals surface area contributed by atoms with Gasteiger partial charge in [-0.1, -0.05) is 12.1 Å². The highest BCUT2D eigenvalue weighted by Gasteiger charge is 2.10. The zero-order valence-corrected chi connectivity index (χ0v) is 21.2. The van der Waals surface area contributed by atoms with Gasteiger partial charge in [-0.15, -0.1) is 0 Å². The van der Waals surface area contributed by atoms with Crippen molar-refractivity contribution in [1.82, 2.24) is 14.9 Å². The minimum absolute atomic E-state index is 0.00379. The summed E-state index contributed by atoms with van der Waals surface area (Å²) in [4.78, 5) is 22.8. The molecule has 3 aromatic rings. The number of ether oxygens (including phenoxy) is 3. The minimum Gasteiger partial charge on any atom is -0.491 e. The lowest BCUT2D eigenvalue weighted by Gasteiger charge is -2.25. The second-order valence-corrected chi connectivity index (χ2v) is 8.39. The van der Waals surface area contributed by atoms with E-state index in [0.717, 1.165) is 19.3 Å². The number of methoxy groups -OCH3 is 1. The summed E-state index contributed by atoms with van der Waals surface area (Å²) in [6, 6.07) is 14.2. The lowest BCUT2D eigenvalue weighted by Crippen LogP contribution is -2.36. The second kappa shape index (κ2) is 14.0. The molecular weight excluding hydrogens is 491 g/mol. The van der Waals surface area contributed by atoms with Crippen LogP contribution in [0.2, 0.25) is 0 Å². The standard InChI is InChI=1S/C27H31FN6O4/c1-36-16-17-38-23-9-7-20(8-10-23)32-27-29-19-24(28)26(33-27)31-22-5-2-4-21(18-22)30-25(35)6-3-11-34-12-14-37-15-13-34/h2-10,18-19H,11-17H2,1H3,(H,30,35)(H2,29,31,32,33). The monoisotopic (exact) mass is 522 g/mol. The van der Waals surface area contributed by atoms with E-state index in [1.807, 2.05) is 18.2 Å². The van der Waals surface area contributed by atoms with Crippen LogP contribution in [0.3, 0.4) is 0 Å². The average Bonchev–Trinajstić information content (AvgIpc) is 2.92. The van der Waals surface area contributed by atoms with E-state index >= 15 is 0 Å². The molecule has 0 atom stereocenters. The van der Waals surface area contributed by atoms with Crippen LogP contribution in [0.15, 0.2) is 66.9 Å². The minimum atomic E-state index is -0.613. The Morgan fingerprint density at radius 3 is 2.66 bits per heavy atom. The molecule has 2 heterocycles. The molecule has 1 saturated heterocycles. The van der Waals surface area contributed by atoms with Gasteiger partial charge in [0.1, 0.15) is 12.4 Å². The van der Waals surface area contributed by atoms with Crippen LogP contribution < -0.4 is 20.7 Å². The van der Waals surface area contributed by atoms with Gasteiger partial charge in [0, 0.05) is 49.9 Å². The predicted molar refractivity (Wildman–Crippen MR) is 144 cm³/mol. The number of halogens is 1. The van der Waals surface area contributed by atoms with Gasteiger partial charge in [-0.25, -0.2) is 9.37 Å². The maximum absolute atomic E-state index is 14.5. The smallest absolute Gasteiger partial charge is 0.248 e. The molecular formula is C27H31FN6O4. The molecule has 0 saturated carbocycles. The van der Waals surface area contributed by atoms with Crippen molar-refractivity contribution in [1.29, 1.82) is 0 Å². The average molecular weight is 523 g/mol. The van der Waals surface area contributed by atoms with Crippen LogP contribution in [0.5, 0.6) is 5.75 Å². The molecule has 0 radical (unpaired) electrons. The fraction of sp³-hybridized carbons (Fsp3) is 0.296. The summed E-state index contributed by atoms with van der Waals surface area (Å²) >= 11 is 0. The first kappa shape index (κ1) is 27.0. The van der Waals surface area contributed by atoms with Gasteiger partial charge in [0.25, 0.3) is 0 Å². The van der Waals surface area contributed by atoms with Crippen molar-refractivity contribution in [2.45, 2.75) is 0 Å². The third kappa shape index (κ3) is 8.51. The number of nitrogens with zero attached hydrogens (tertiary/aromatic N) is 3. The van der Waals surface area contributed by atoms with Gasteiger partial charge in [0.15, 0.2) is 11.6 Å². The fourth-order valence-corrected chi connectivity index (χ4v) is 3.61. The van der Waals surface area contributed by atoms with Gasteiger partial charge >= 0.3 is 0 Å². The molecule has 1 aliphatic rings. The van der Waals surface area contributed by atoms with E-state index < -0.39 is 5.82 Å². The summed E-state index contributed by atoms with van der Waals surface area (Å²) in [6.07, 6.45) is 4.43. The number of rotatable bonds is 12. The van der Waals surface area contributed by atoms with Crippen molar-refractivity contribution in [2.24, 2.45) is 0 Å². The molecule has 1 amide bonds. The number of amides is 1. The van der Waals surface area contributed by atoms with Crippen LogP contribution in [-0.4, -0.2) is 73.9 Å². The number of hydrogen-bond donors (Lipinski definition) is 3. The highest BCUT2D eigenvalue weighted by Crippen LogP contribution is 2.23. The molecule has 0 unspecified atom stereocenters. The van der Waals surface area contributed by atoms with Crippen molar-refractivity contribution in [3.63, 3.8) is 0 Å². The first-order chi connectivity index (χ1) is 18.6. The molecule has 1 fully saturated rings.